The highest BCUT2D eigenvalue weighted by molar-refractivity contribution is 6.10. The number of carbonyl (C=O) groups is 2. The van der Waals surface area contributed by atoms with Crippen molar-refractivity contribution in [1.82, 2.24) is 0 Å². The lowest BCUT2D eigenvalue weighted by molar-refractivity contribution is -0.118. The van der Waals surface area contributed by atoms with Crippen molar-refractivity contribution in [1.29, 1.82) is 0 Å². The van der Waals surface area contributed by atoms with Crippen LogP contribution in [0.3, 0.4) is 0 Å². The van der Waals surface area contributed by atoms with Gasteiger partial charge in [-0.15, -0.1) is 0 Å². The molecule has 1 aromatic carbocycles. The van der Waals surface area contributed by atoms with Crippen LogP contribution in [0.1, 0.15) is 20.3 Å². The summed E-state index contributed by atoms with van der Waals surface area (Å²) in [4.78, 5) is 25.7. The van der Waals surface area contributed by atoms with Gasteiger partial charge in [-0.25, -0.2) is 4.79 Å². The van der Waals surface area contributed by atoms with Crippen molar-refractivity contribution in [3.05, 3.63) is 24.3 Å². The first-order valence-corrected chi connectivity index (χ1v) is 6.37. The van der Waals surface area contributed by atoms with Gasteiger partial charge in [0.05, 0.1) is 18.5 Å². The molecule has 0 aliphatic carbocycles. The summed E-state index contributed by atoms with van der Waals surface area (Å²) in [6, 6.07) is 6.70. The molecular formula is C14H18N2O3. The van der Waals surface area contributed by atoms with Crippen molar-refractivity contribution >= 4 is 23.4 Å². The molecule has 0 radical (unpaired) electrons. The van der Waals surface area contributed by atoms with Crippen LogP contribution >= 0.6 is 0 Å². The van der Waals surface area contributed by atoms with Crippen molar-refractivity contribution in [3.63, 3.8) is 0 Å². The van der Waals surface area contributed by atoms with Crippen LogP contribution in [0.15, 0.2) is 24.3 Å². The Hall–Kier alpha value is -2.04. The Kier molecular flexibility index (Phi) is 3.74. The Bertz CT molecular complexity index is 501. The molecule has 2 rings (SSSR count). The average molecular weight is 262 g/mol. The summed E-state index contributed by atoms with van der Waals surface area (Å²) in [7, 11) is 1.32. The van der Waals surface area contributed by atoms with Crippen LogP contribution in [-0.4, -0.2) is 25.2 Å². The predicted octanol–water partition coefficient (Wildman–Crippen LogP) is 2.63. The number of carbonyl (C=O) groups excluding carboxylic acids is 2. The molecule has 0 unspecified atom stereocenters. The molecule has 1 heterocycles. The van der Waals surface area contributed by atoms with E-state index in [9.17, 15) is 9.59 Å². The normalized spacial score (nSPS) is 19.4. The molecule has 5 heteroatoms. The van der Waals surface area contributed by atoms with Crippen molar-refractivity contribution in [3.8, 4) is 0 Å². The summed E-state index contributed by atoms with van der Waals surface area (Å²) in [6.07, 6.45) is 0.293. The summed E-state index contributed by atoms with van der Waals surface area (Å²) >= 11 is 0. The number of fused-ring (bicyclic) bond motifs is 1. The maximum absolute atomic E-state index is 12.2. The van der Waals surface area contributed by atoms with Crippen molar-refractivity contribution in [2.45, 2.75) is 26.3 Å². The minimum absolute atomic E-state index is 0.0486. The third-order valence-electron chi connectivity index (χ3n) is 3.52. The monoisotopic (exact) mass is 262 g/mol. The average Bonchev–Trinajstić information content (AvgIpc) is 2.44. The molecule has 0 bridgehead atoms. The maximum Gasteiger partial charge on any atom is 0.414 e. The second-order valence-electron chi connectivity index (χ2n) is 4.68. The van der Waals surface area contributed by atoms with Gasteiger partial charge in [0.25, 0.3) is 0 Å². The van der Waals surface area contributed by atoms with Gasteiger partial charge in [-0.05, 0) is 18.1 Å². The number of hydrogen-bond acceptors (Lipinski definition) is 3. The molecule has 19 heavy (non-hydrogen) atoms. The molecule has 1 aromatic rings. The number of anilines is 2. The largest absolute Gasteiger partial charge is 0.452 e. The SMILES string of the molecule is CC[C@H](C)[C@H]1C(=O)Nc2ccccc2N1C(=O)OC. The topological polar surface area (TPSA) is 58.6 Å². The fraction of sp³-hybridized carbons (Fsp3) is 0.429. The summed E-state index contributed by atoms with van der Waals surface area (Å²) in [5.41, 5.74) is 1.32. The Morgan fingerprint density at radius 3 is 2.79 bits per heavy atom. The molecule has 1 aliphatic rings. The number of amides is 2. The number of rotatable bonds is 2. The van der Waals surface area contributed by atoms with E-state index in [1.165, 1.54) is 12.0 Å². The van der Waals surface area contributed by atoms with E-state index in [2.05, 4.69) is 5.32 Å². The first-order chi connectivity index (χ1) is 9.10. The van der Waals surface area contributed by atoms with E-state index in [0.29, 0.717) is 11.4 Å². The zero-order valence-electron chi connectivity index (χ0n) is 11.3. The maximum atomic E-state index is 12.2. The quantitative estimate of drug-likeness (QED) is 0.891. The van der Waals surface area contributed by atoms with Gasteiger partial charge in [-0.1, -0.05) is 32.4 Å². The van der Waals surface area contributed by atoms with E-state index in [4.69, 9.17) is 4.74 Å². The summed E-state index contributed by atoms with van der Waals surface area (Å²) < 4.78 is 4.83. The molecule has 0 fully saturated rings. The van der Waals surface area contributed by atoms with Crippen LogP contribution in [-0.2, 0) is 9.53 Å². The molecule has 0 saturated heterocycles. The number of nitrogens with one attached hydrogen (secondary N) is 1. The summed E-state index contributed by atoms with van der Waals surface area (Å²) in [6.45, 7) is 3.95. The van der Waals surface area contributed by atoms with Gasteiger partial charge < -0.3 is 10.1 Å². The highest BCUT2D eigenvalue weighted by Gasteiger charge is 2.40. The van der Waals surface area contributed by atoms with Crippen LogP contribution in [0.25, 0.3) is 0 Å². The Morgan fingerprint density at radius 2 is 2.16 bits per heavy atom. The second-order valence-corrected chi connectivity index (χ2v) is 4.68. The van der Waals surface area contributed by atoms with Gasteiger partial charge in [0.15, 0.2) is 0 Å². The Labute approximate surface area is 112 Å². The first kappa shape index (κ1) is 13.4. The van der Waals surface area contributed by atoms with E-state index in [1.54, 1.807) is 12.1 Å². The van der Waals surface area contributed by atoms with E-state index >= 15 is 0 Å². The van der Waals surface area contributed by atoms with Gasteiger partial charge in [0.1, 0.15) is 6.04 Å². The lowest BCUT2D eigenvalue weighted by Gasteiger charge is -2.38. The Morgan fingerprint density at radius 1 is 1.47 bits per heavy atom. The standard InChI is InChI=1S/C14H18N2O3/c1-4-9(2)12-13(17)15-10-7-5-6-8-11(10)16(12)14(18)19-3/h5-9,12H,4H2,1-3H3,(H,15,17)/t9-,12-/m0/s1. The van der Waals surface area contributed by atoms with E-state index in [1.807, 2.05) is 26.0 Å². The molecule has 1 aliphatic heterocycles. The molecule has 1 N–H and O–H groups in total. The number of benzene rings is 1. The van der Waals surface area contributed by atoms with Gasteiger partial charge >= 0.3 is 6.09 Å². The summed E-state index contributed by atoms with van der Waals surface area (Å²) in [5, 5.41) is 2.85. The van der Waals surface area contributed by atoms with E-state index in [0.717, 1.165) is 6.42 Å². The van der Waals surface area contributed by atoms with Gasteiger partial charge in [-0.3, -0.25) is 9.69 Å². The summed E-state index contributed by atoms with van der Waals surface area (Å²) in [5.74, 6) is -0.120. The molecule has 102 valence electrons. The minimum Gasteiger partial charge on any atom is -0.452 e. The molecule has 0 saturated carbocycles. The van der Waals surface area contributed by atoms with E-state index in [-0.39, 0.29) is 11.8 Å². The van der Waals surface area contributed by atoms with Gasteiger partial charge in [-0.2, -0.15) is 0 Å². The fourth-order valence-corrected chi connectivity index (χ4v) is 2.31. The molecule has 0 aromatic heterocycles. The lowest BCUT2D eigenvalue weighted by Crippen LogP contribution is -2.54. The van der Waals surface area contributed by atoms with Crippen LogP contribution in [0.2, 0.25) is 0 Å². The molecule has 2 amide bonds. The first-order valence-electron chi connectivity index (χ1n) is 6.37. The number of ether oxygens (including phenoxy) is 1. The smallest absolute Gasteiger partial charge is 0.414 e. The van der Waals surface area contributed by atoms with E-state index < -0.39 is 12.1 Å². The number of nitrogens with zero attached hydrogens (tertiary/aromatic N) is 1. The third-order valence-corrected chi connectivity index (χ3v) is 3.52. The van der Waals surface area contributed by atoms with Crippen molar-refractivity contribution in [2.24, 2.45) is 5.92 Å². The zero-order chi connectivity index (χ0) is 14.0. The Balaban J connectivity index is 2.51. The van der Waals surface area contributed by atoms with Gasteiger partial charge in [0, 0.05) is 0 Å². The lowest BCUT2D eigenvalue weighted by atomic mass is 9.94. The number of hydrogen-bond donors (Lipinski definition) is 1. The highest BCUT2D eigenvalue weighted by Crippen LogP contribution is 2.35. The van der Waals surface area contributed by atoms with Crippen LogP contribution in [0.5, 0.6) is 0 Å². The predicted molar refractivity (Wildman–Crippen MR) is 73.2 cm³/mol. The van der Waals surface area contributed by atoms with Gasteiger partial charge in [0.2, 0.25) is 5.91 Å². The zero-order valence-corrected chi connectivity index (χ0v) is 11.3. The molecule has 0 spiro atoms. The molecule has 2 atom stereocenters. The van der Waals surface area contributed by atoms with Crippen LogP contribution in [0, 0.1) is 5.92 Å². The molecular weight excluding hydrogens is 244 g/mol. The number of para-hydroxylation sites is 2. The minimum atomic E-state index is -0.535. The molecule has 5 nitrogen and oxygen atoms in total. The number of methoxy groups -OCH3 is 1. The third kappa shape index (κ3) is 2.28. The van der Waals surface area contributed by atoms with Crippen molar-refractivity contribution < 1.29 is 14.3 Å². The van der Waals surface area contributed by atoms with Crippen molar-refractivity contribution in [2.75, 3.05) is 17.3 Å². The fourth-order valence-electron chi connectivity index (χ4n) is 2.31. The second kappa shape index (κ2) is 5.30. The van der Waals surface area contributed by atoms with Crippen LogP contribution in [0.4, 0.5) is 16.2 Å². The highest BCUT2D eigenvalue weighted by atomic mass is 16.5. The van der Waals surface area contributed by atoms with Crippen LogP contribution < -0.4 is 10.2 Å².